The molecule has 7 nitrogen and oxygen atoms in total. The van der Waals surface area contributed by atoms with E-state index in [1.54, 1.807) is 9.47 Å². The molecule has 3 fully saturated rings. The van der Waals surface area contributed by atoms with E-state index in [9.17, 15) is 14.9 Å². The number of benzene rings is 1. The van der Waals surface area contributed by atoms with Crippen LogP contribution >= 0.6 is 24.0 Å². The van der Waals surface area contributed by atoms with Crippen molar-refractivity contribution in [3.05, 3.63) is 62.3 Å². The van der Waals surface area contributed by atoms with Crippen LogP contribution in [-0.4, -0.2) is 51.9 Å². The van der Waals surface area contributed by atoms with Gasteiger partial charge in [-0.3, -0.25) is 19.1 Å². The van der Waals surface area contributed by atoms with E-state index in [0.717, 1.165) is 63.2 Å². The summed E-state index contributed by atoms with van der Waals surface area (Å²) < 4.78 is 2.30. The molecule has 9 heteroatoms. The van der Waals surface area contributed by atoms with Gasteiger partial charge in [0, 0.05) is 50.0 Å². The first-order valence-corrected chi connectivity index (χ1v) is 14.7. The zero-order chi connectivity index (χ0) is 26.8. The molecule has 0 radical (unpaired) electrons. The highest BCUT2D eigenvalue weighted by Gasteiger charge is 2.38. The number of nitriles is 1. The van der Waals surface area contributed by atoms with E-state index in [1.807, 2.05) is 38.1 Å². The Morgan fingerprint density at radius 1 is 1.05 bits per heavy atom. The summed E-state index contributed by atoms with van der Waals surface area (Å²) in [6.07, 6.45) is 7.28. The molecule has 0 atom stereocenters. The number of aromatic nitrogens is 1. The molecule has 0 spiro atoms. The molecule has 38 heavy (non-hydrogen) atoms. The first-order chi connectivity index (χ1) is 18.4. The molecule has 3 aliphatic rings. The van der Waals surface area contributed by atoms with Crippen LogP contribution < -0.4 is 15.4 Å². The molecule has 2 aromatic rings. The number of nitrogens with zero attached hydrogens (tertiary/aromatic N) is 5. The number of para-hydroxylation sites is 1. The number of rotatable bonds is 5. The Hall–Kier alpha value is -3.09. The van der Waals surface area contributed by atoms with Gasteiger partial charge in [0.1, 0.15) is 21.8 Å². The highest BCUT2D eigenvalue weighted by atomic mass is 32.2. The van der Waals surface area contributed by atoms with Crippen molar-refractivity contribution in [1.29, 1.82) is 5.26 Å². The van der Waals surface area contributed by atoms with Crippen LogP contribution in [0.3, 0.4) is 0 Å². The molecule has 0 bridgehead atoms. The van der Waals surface area contributed by atoms with E-state index < -0.39 is 0 Å². The van der Waals surface area contributed by atoms with E-state index in [0.29, 0.717) is 21.3 Å². The third kappa shape index (κ3) is 4.87. The molecule has 2 aliphatic heterocycles. The highest BCUT2D eigenvalue weighted by molar-refractivity contribution is 8.26. The van der Waals surface area contributed by atoms with Crippen LogP contribution in [0.1, 0.15) is 55.7 Å². The zero-order valence-electron chi connectivity index (χ0n) is 22.0. The Balaban J connectivity index is 1.53. The third-order valence-electron chi connectivity index (χ3n) is 7.90. The Kier molecular flexibility index (Phi) is 7.91. The molecule has 1 aromatic heterocycles. The molecule has 0 unspecified atom stereocenters. The standard InChI is InChI=1S/C29H33N5O2S2/c1-3-33-26(32-16-14-31(15-17-32)21-10-6-4-7-11-21)23(20(2)24(19-30)27(33)35)18-25-28(36)34(29(37)38-25)22-12-8-5-9-13-22/h4,6-7,10-11,18,22H,3,5,8-9,12-17H2,1-2H3/b25-18+. The minimum atomic E-state index is -0.278. The first-order valence-electron chi connectivity index (χ1n) is 13.4. The fraction of sp³-hybridized carbons (Fsp3) is 0.448. The number of anilines is 2. The number of hydrogen-bond acceptors (Lipinski definition) is 7. The quantitative estimate of drug-likeness (QED) is 0.389. The molecule has 1 amide bonds. The lowest BCUT2D eigenvalue weighted by atomic mass is 9.94. The normalized spacial score (nSPS) is 19.9. The summed E-state index contributed by atoms with van der Waals surface area (Å²) in [7, 11) is 0. The number of pyridine rings is 1. The molecule has 1 aromatic carbocycles. The second-order valence-corrected chi connectivity index (χ2v) is 11.7. The Labute approximate surface area is 233 Å². The molecular formula is C29H33N5O2S2. The molecule has 198 valence electrons. The minimum absolute atomic E-state index is 0.0566. The second kappa shape index (κ2) is 11.3. The number of amides is 1. The molecule has 3 heterocycles. The summed E-state index contributed by atoms with van der Waals surface area (Å²) in [5, 5.41) is 9.87. The zero-order valence-corrected chi connectivity index (χ0v) is 23.6. The average molecular weight is 548 g/mol. The summed E-state index contributed by atoms with van der Waals surface area (Å²) in [6.45, 7) is 7.25. The maximum Gasteiger partial charge on any atom is 0.270 e. The van der Waals surface area contributed by atoms with E-state index in [4.69, 9.17) is 12.2 Å². The largest absolute Gasteiger partial charge is 0.368 e. The third-order valence-corrected chi connectivity index (χ3v) is 9.23. The van der Waals surface area contributed by atoms with Gasteiger partial charge in [0.05, 0.1) is 4.91 Å². The number of hydrogen-bond donors (Lipinski definition) is 0. The predicted octanol–water partition coefficient (Wildman–Crippen LogP) is 4.91. The monoisotopic (exact) mass is 547 g/mol. The van der Waals surface area contributed by atoms with Crippen LogP contribution in [0.4, 0.5) is 11.5 Å². The van der Waals surface area contributed by atoms with Crippen LogP contribution in [0.25, 0.3) is 6.08 Å². The van der Waals surface area contributed by atoms with Crippen molar-refractivity contribution in [3.63, 3.8) is 0 Å². The van der Waals surface area contributed by atoms with Gasteiger partial charge in [-0.15, -0.1) is 0 Å². The van der Waals surface area contributed by atoms with Crippen LogP contribution in [0, 0.1) is 18.3 Å². The second-order valence-electron chi connectivity index (χ2n) is 10.1. The Morgan fingerprint density at radius 3 is 2.34 bits per heavy atom. The fourth-order valence-electron chi connectivity index (χ4n) is 5.86. The van der Waals surface area contributed by atoms with Crippen molar-refractivity contribution in [2.24, 2.45) is 0 Å². The summed E-state index contributed by atoms with van der Waals surface area (Å²) in [5.74, 6) is 0.726. The molecule has 2 saturated heterocycles. The number of carbonyl (C=O) groups excluding carboxylic acids is 1. The molecule has 5 rings (SSSR count). The highest BCUT2D eigenvalue weighted by Crippen LogP contribution is 2.39. The van der Waals surface area contributed by atoms with Crippen molar-refractivity contribution in [2.45, 2.75) is 58.5 Å². The van der Waals surface area contributed by atoms with Crippen LogP contribution in [0.5, 0.6) is 0 Å². The van der Waals surface area contributed by atoms with Crippen molar-refractivity contribution in [3.8, 4) is 6.07 Å². The molecule has 1 aliphatic carbocycles. The fourth-order valence-corrected chi connectivity index (χ4v) is 7.24. The van der Waals surface area contributed by atoms with Crippen molar-refractivity contribution in [1.82, 2.24) is 9.47 Å². The van der Waals surface area contributed by atoms with Gasteiger partial charge < -0.3 is 9.80 Å². The van der Waals surface area contributed by atoms with Gasteiger partial charge in [-0.25, -0.2) is 0 Å². The van der Waals surface area contributed by atoms with Gasteiger partial charge in [-0.05, 0) is 50.5 Å². The van der Waals surface area contributed by atoms with Gasteiger partial charge in [-0.1, -0.05) is 61.4 Å². The minimum Gasteiger partial charge on any atom is -0.368 e. The molecule has 0 N–H and O–H groups in total. The van der Waals surface area contributed by atoms with Crippen molar-refractivity contribution in [2.75, 3.05) is 36.0 Å². The van der Waals surface area contributed by atoms with Crippen LogP contribution in [0.2, 0.25) is 0 Å². The van der Waals surface area contributed by atoms with Crippen LogP contribution in [0.15, 0.2) is 40.0 Å². The Morgan fingerprint density at radius 2 is 1.71 bits per heavy atom. The summed E-state index contributed by atoms with van der Waals surface area (Å²) in [4.78, 5) is 33.9. The Bertz CT molecular complexity index is 1360. The van der Waals surface area contributed by atoms with Gasteiger partial charge in [0.15, 0.2) is 0 Å². The van der Waals surface area contributed by atoms with Crippen molar-refractivity contribution >= 4 is 51.8 Å². The number of thiocarbonyl (C=S) groups is 1. The van der Waals surface area contributed by atoms with Crippen LogP contribution in [-0.2, 0) is 11.3 Å². The van der Waals surface area contributed by atoms with E-state index in [-0.39, 0.29) is 23.1 Å². The SMILES string of the molecule is CCn1c(N2CCN(c3ccccc3)CC2)c(/C=C2/SC(=S)N(C3CCCCC3)C2=O)c(C)c(C#N)c1=O. The summed E-state index contributed by atoms with van der Waals surface area (Å²) in [6, 6.07) is 12.6. The smallest absolute Gasteiger partial charge is 0.270 e. The lowest BCUT2D eigenvalue weighted by Crippen LogP contribution is -2.48. The van der Waals surface area contributed by atoms with Gasteiger partial charge >= 0.3 is 0 Å². The van der Waals surface area contributed by atoms with Crippen molar-refractivity contribution < 1.29 is 4.79 Å². The maximum atomic E-state index is 13.6. The van der Waals surface area contributed by atoms with E-state index in [1.165, 1.54) is 23.9 Å². The van der Waals surface area contributed by atoms with Gasteiger partial charge in [0.2, 0.25) is 0 Å². The number of thioether (sulfide) groups is 1. The number of piperazine rings is 1. The maximum absolute atomic E-state index is 13.6. The first kappa shape index (κ1) is 26.5. The average Bonchev–Trinajstić information content (AvgIpc) is 3.23. The lowest BCUT2D eigenvalue weighted by molar-refractivity contribution is -0.124. The molecule has 1 saturated carbocycles. The van der Waals surface area contributed by atoms with E-state index in [2.05, 4.69) is 28.0 Å². The van der Waals surface area contributed by atoms with Gasteiger partial charge in [-0.2, -0.15) is 5.26 Å². The lowest BCUT2D eigenvalue weighted by Gasteiger charge is -2.39. The summed E-state index contributed by atoms with van der Waals surface area (Å²) >= 11 is 7.00. The van der Waals surface area contributed by atoms with E-state index >= 15 is 0 Å². The topological polar surface area (TPSA) is 72.6 Å². The van der Waals surface area contributed by atoms with Gasteiger partial charge in [0.25, 0.3) is 11.5 Å². The molecular weight excluding hydrogens is 514 g/mol. The number of carbonyl (C=O) groups is 1. The summed E-state index contributed by atoms with van der Waals surface area (Å²) in [5.41, 5.74) is 2.42. The predicted molar refractivity (Wildman–Crippen MR) is 159 cm³/mol.